The molecule has 0 saturated heterocycles. The minimum atomic E-state index is 0. The molecule has 0 spiro atoms. The Hall–Kier alpha value is 0.294. The molecule has 0 aliphatic heterocycles. The Morgan fingerprint density at radius 1 is 0.600 bits per heavy atom. The minimum absolute atomic E-state index is 0. The number of rotatable bonds is 2. The van der Waals surface area contributed by atoms with Gasteiger partial charge in [0.1, 0.15) is 0 Å². The average Bonchev–Trinajstić information content (AvgIpc) is 1.88. The van der Waals surface area contributed by atoms with Crippen molar-refractivity contribution in [2.24, 2.45) is 22.9 Å². The topological polar surface area (TPSA) is 136 Å². The Balaban J connectivity index is -0.0000000300. The maximum atomic E-state index is 4.90. The van der Waals surface area contributed by atoms with E-state index in [0.717, 1.165) is 0 Å². The second-order valence-electron chi connectivity index (χ2n) is 1.15. The summed E-state index contributed by atoms with van der Waals surface area (Å²) in [7, 11) is 0. The van der Waals surface area contributed by atoms with Crippen LogP contribution in [0.4, 0.5) is 0 Å². The summed E-state index contributed by atoms with van der Waals surface area (Å²) in [6.07, 6.45) is 0. The van der Waals surface area contributed by atoms with E-state index in [4.69, 9.17) is 22.9 Å². The van der Waals surface area contributed by atoms with E-state index >= 15 is 0 Å². The van der Waals surface area contributed by atoms with E-state index in [9.17, 15) is 0 Å². The van der Waals surface area contributed by atoms with Crippen molar-refractivity contribution in [2.75, 3.05) is 26.2 Å². The van der Waals surface area contributed by atoms with Gasteiger partial charge >= 0.3 is 0 Å². The van der Waals surface area contributed by atoms with Crippen molar-refractivity contribution in [3.63, 3.8) is 0 Å². The van der Waals surface area contributed by atoms with Crippen molar-refractivity contribution >= 4 is 0 Å². The molecule has 0 fully saturated rings. The third-order valence-corrected chi connectivity index (χ3v) is 0.333. The van der Waals surface area contributed by atoms with Gasteiger partial charge in [-0.1, -0.05) is 0 Å². The molecular formula is C4H18N4NiO. The monoisotopic (exact) mass is 196 g/mol. The molecule has 0 aliphatic rings. The van der Waals surface area contributed by atoms with Crippen LogP contribution in [0.3, 0.4) is 0 Å². The fourth-order valence-electron chi connectivity index (χ4n) is 0. The van der Waals surface area contributed by atoms with Crippen molar-refractivity contribution in [2.45, 2.75) is 0 Å². The van der Waals surface area contributed by atoms with Gasteiger partial charge in [0.05, 0.1) is 0 Å². The van der Waals surface area contributed by atoms with Crippen LogP contribution in [-0.4, -0.2) is 31.7 Å². The van der Waals surface area contributed by atoms with Crippen molar-refractivity contribution < 1.29 is 22.0 Å². The van der Waals surface area contributed by atoms with Crippen LogP contribution in [-0.2, 0) is 16.5 Å². The van der Waals surface area contributed by atoms with Gasteiger partial charge in [-0.25, -0.2) is 0 Å². The smallest absolute Gasteiger partial charge is 0.00461 e. The first-order chi connectivity index (χ1) is 3.83. The van der Waals surface area contributed by atoms with E-state index in [1.165, 1.54) is 0 Å². The summed E-state index contributed by atoms with van der Waals surface area (Å²) in [4.78, 5) is 0. The van der Waals surface area contributed by atoms with E-state index in [1.807, 2.05) is 0 Å². The Morgan fingerprint density at radius 3 is 0.700 bits per heavy atom. The summed E-state index contributed by atoms with van der Waals surface area (Å²) in [5, 5.41) is 0. The fourth-order valence-corrected chi connectivity index (χ4v) is 0. The summed E-state index contributed by atoms with van der Waals surface area (Å²) < 4.78 is 0. The largest absolute Gasteiger partial charge is 0.412 e. The van der Waals surface area contributed by atoms with Crippen molar-refractivity contribution in [1.29, 1.82) is 0 Å². The molecule has 0 radical (unpaired) electrons. The molecule has 0 unspecified atom stereocenters. The molecule has 0 heterocycles. The molecule has 0 aromatic heterocycles. The van der Waals surface area contributed by atoms with Gasteiger partial charge in [-0.15, -0.1) is 0 Å². The SMILES string of the molecule is NCCN.NCCN.O.[Ni]. The van der Waals surface area contributed by atoms with Crippen LogP contribution < -0.4 is 22.9 Å². The zero-order chi connectivity index (χ0) is 6.83. The van der Waals surface area contributed by atoms with E-state index in [1.54, 1.807) is 0 Å². The van der Waals surface area contributed by atoms with E-state index in [2.05, 4.69) is 0 Å². The summed E-state index contributed by atoms with van der Waals surface area (Å²) >= 11 is 0. The van der Waals surface area contributed by atoms with Crippen LogP contribution in [0.1, 0.15) is 0 Å². The number of hydrogen-bond donors (Lipinski definition) is 4. The summed E-state index contributed by atoms with van der Waals surface area (Å²) in [6.45, 7) is 2.39. The second-order valence-corrected chi connectivity index (χ2v) is 1.15. The maximum absolute atomic E-state index is 4.90. The van der Waals surface area contributed by atoms with E-state index in [0.29, 0.717) is 26.2 Å². The van der Waals surface area contributed by atoms with Crippen LogP contribution in [0.5, 0.6) is 0 Å². The molecule has 0 bridgehead atoms. The summed E-state index contributed by atoms with van der Waals surface area (Å²) in [6, 6.07) is 0. The first-order valence-corrected chi connectivity index (χ1v) is 2.63. The Bertz CT molecular complexity index is 25.2. The molecule has 0 aromatic rings. The van der Waals surface area contributed by atoms with Crippen LogP contribution in [0.2, 0.25) is 0 Å². The maximum Gasteiger partial charge on any atom is 0.00461 e. The molecule has 0 atom stereocenters. The van der Waals surface area contributed by atoms with Crippen LogP contribution >= 0.6 is 0 Å². The van der Waals surface area contributed by atoms with Crippen LogP contribution in [0.25, 0.3) is 0 Å². The predicted octanol–water partition coefficient (Wildman–Crippen LogP) is -3.02. The molecule has 0 amide bonds. The molecule has 0 aliphatic carbocycles. The number of nitrogens with two attached hydrogens (primary N) is 4. The second kappa shape index (κ2) is 34.7. The van der Waals surface area contributed by atoms with Gasteiger partial charge in [0.2, 0.25) is 0 Å². The predicted molar refractivity (Wildman–Crippen MR) is 39.8 cm³/mol. The third-order valence-electron chi connectivity index (χ3n) is 0.333. The molecule has 0 aromatic carbocycles. The quantitative estimate of drug-likeness (QED) is 0.350. The Morgan fingerprint density at radius 2 is 0.700 bits per heavy atom. The van der Waals surface area contributed by atoms with E-state index < -0.39 is 0 Å². The normalized spacial score (nSPS) is 6.00. The summed E-state index contributed by atoms with van der Waals surface area (Å²) in [5.41, 5.74) is 19.6. The Kier molecular flexibility index (Phi) is 77.8. The number of hydrogen-bond acceptors (Lipinski definition) is 4. The minimum Gasteiger partial charge on any atom is -0.412 e. The van der Waals surface area contributed by atoms with Crippen molar-refractivity contribution in [1.82, 2.24) is 0 Å². The summed E-state index contributed by atoms with van der Waals surface area (Å²) in [5.74, 6) is 0. The van der Waals surface area contributed by atoms with Crippen LogP contribution in [0.15, 0.2) is 0 Å². The van der Waals surface area contributed by atoms with Gasteiger partial charge in [0.25, 0.3) is 0 Å². The van der Waals surface area contributed by atoms with Gasteiger partial charge in [0.15, 0.2) is 0 Å². The van der Waals surface area contributed by atoms with Crippen molar-refractivity contribution in [3.05, 3.63) is 0 Å². The van der Waals surface area contributed by atoms with Gasteiger partial charge in [-0.05, 0) is 0 Å². The molecule has 0 saturated carbocycles. The molecule has 10 N–H and O–H groups in total. The first kappa shape index (κ1) is 22.4. The first-order valence-electron chi connectivity index (χ1n) is 2.63. The zero-order valence-corrected chi connectivity index (χ0v) is 6.94. The molecule has 5 nitrogen and oxygen atoms in total. The molecule has 70 valence electrons. The van der Waals surface area contributed by atoms with Crippen molar-refractivity contribution in [3.8, 4) is 0 Å². The van der Waals surface area contributed by atoms with Crippen LogP contribution in [0, 0.1) is 0 Å². The zero-order valence-electron chi connectivity index (χ0n) is 5.95. The standard InChI is InChI=1S/2C2H8N2.Ni.H2O/c2*3-1-2-4;;/h2*1-4H2;;1H2. The fraction of sp³-hybridized carbons (Fsp3) is 1.00. The average molecular weight is 197 g/mol. The van der Waals surface area contributed by atoms with Gasteiger partial charge in [-0.2, -0.15) is 0 Å². The Labute approximate surface area is 71.7 Å². The van der Waals surface area contributed by atoms with Gasteiger partial charge in [0, 0.05) is 42.7 Å². The molecule has 0 rings (SSSR count). The molecule has 6 heteroatoms. The van der Waals surface area contributed by atoms with E-state index in [-0.39, 0.29) is 22.0 Å². The molecular weight excluding hydrogens is 179 g/mol. The third kappa shape index (κ3) is 83.9. The van der Waals surface area contributed by atoms with Gasteiger partial charge in [-0.3, -0.25) is 0 Å². The van der Waals surface area contributed by atoms with Gasteiger partial charge < -0.3 is 28.4 Å². The molecule has 10 heavy (non-hydrogen) atoms.